The van der Waals surface area contributed by atoms with Gasteiger partial charge in [-0.3, -0.25) is 4.79 Å². The number of likely N-dealkylation sites (tertiary alicyclic amines) is 1. The summed E-state index contributed by atoms with van der Waals surface area (Å²) in [5, 5.41) is 9.88. The van der Waals surface area contributed by atoms with E-state index in [1.807, 2.05) is 4.90 Å². The monoisotopic (exact) mass is 305 g/mol. The molecule has 1 aromatic rings. The van der Waals surface area contributed by atoms with E-state index in [4.69, 9.17) is 0 Å². The minimum absolute atomic E-state index is 0.0450. The Morgan fingerprint density at radius 1 is 1.45 bits per heavy atom. The highest BCUT2D eigenvalue weighted by molar-refractivity contribution is 5.94. The number of amides is 1. The fraction of sp³-hybridized carbons (Fsp3) is 0.611. The molecule has 1 N–H and O–H groups in total. The predicted molar refractivity (Wildman–Crippen MR) is 83.1 cm³/mol. The molecule has 22 heavy (non-hydrogen) atoms. The van der Waals surface area contributed by atoms with Gasteiger partial charge in [0.05, 0.1) is 6.61 Å². The molecule has 1 aromatic carbocycles. The van der Waals surface area contributed by atoms with E-state index >= 15 is 0 Å². The van der Waals surface area contributed by atoms with E-state index in [1.165, 1.54) is 18.9 Å². The highest BCUT2D eigenvalue weighted by atomic mass is 19.1. The number of aliphatic hydroxyl groups excluding tert-OH is 1. The van der Waals surface area contributed by atoms with Crippen LogP contribution >= 0.6 is 0 Å². The molecule has 0 bridgehead atoms. The van der Waals surface area contributed by atoms with Crippen LogP contribution in [0.15, 0.2) is 18.2 Å². The number of nitrogens with zero attached hydrogens (tertiary/aromatic N) is 1. The Balaban J connectivity index is 1.75. The second kappa shape index (κ2) is 5.99. The second-order valence-electron chi connectivity index (χ2n) is 7.10. The lowest BCUT2D eigenvalue weighted by Gasteiger charge is -2.42. The van der Waals surface area contributed by atoms with Gasteiger partial charge in [-0.05, 0) is 55.9 Å². The Morgan fingerprint density at radius 2 is 2.23 bits per heavy atom. The first-order chi connectivity index (χ1) is 10.5. The van der Waals surface area contributed by atoms with Crippen LogP contribution in [0.4, 0.5) is 4.39 Å². The van der Waals surface area contributed by atoms with Gasteiger partial charge in [0.25, 0.3) is 5.91 Å². The molecule has 1 saturated heterocycles. The number of hydrogen-bond acceptors (Lipinski definition) is 2. The molecule has 1 heterocycles. The Bertz CT molecular complexity index is 570. The third kappa shape index (κ3) is 3.17. The summed E-state index contributed by atoms with van der Waals surface area (Å²) in [6, 6.07) is 4.53. The average Bonchev–Trinajstić information content (AvgIpc) is 3.33. The number of rotatable bonds is 4. The molecular weight excluding hydrogens is 281 g/mol. The molecule has 1 amide bonds. The Kier molecular flexibility index (Phi) is 4.22. The van der Waals surface area contributed by atoms with Crippen LogP contribution < -0.4 is 0 Å². The topological polar surface area (TPSA) is 40.5 Å². The molecular formula is C18H24FNO2. The summed E-state index contributed by atoms with van der Waals surface area (Å²) in [7, 11) is 0. The summed E-state index contributed by atoms with van der Waals surface area (Å²) in [5.41, 5.74) is 0.901. The maximum absolute atomic E-state index is 13.4. The summed E-state index contributed by atoms with van der Waals surface area (Å²) < 4.78 is 13.4. The second-order valence-corrected chi connectivity index (χ2v) is 7.10. The molecule has 1 saturated carbocycles. The van der Waals surface area contributed by atoms with Gasteiger partial charge in [-0.1, -0.05) is 12.8 Å². The van der Waals surface area contributed by atoms with Crippen molar-refractivity contribution in [2.75, 3.05) is 19.7 Å². The molecule has 0 unspecified atom stereocenters. The van der Waals surface area contributed by atoms with E-state index in [0.29, 0.717) is 17.7 Å². The maximum atomic E-state index is 13.4. The van der Waals surface area contributed by atoms with Crippen LogP contribution in [0, 0.1) is 24.1 Å². The van der Waals surface area contributed by atoms with Crippen molar-refractivity contribution >= 4 is 5.91 Å². The number of carbonyl (C=O) groups excluding carboxylic acids is 1. The Labute approximate surface area is 131 Å². The number of piperidine rings is 1. The third-order valence-electron chi connectivity index (χ3n) is 5.11. The van der Waals surface area contributed by atoms with E-state index in [2.05, 4.69) is 0 Å². The fourth-order valence-electron chi connectivity index (χ4n) is 3.64. The number of benzene rings is 1. The van der Waals surface area contributed by atoms with Crippen molar-refractivity contribution in [3.05, 3.63) is 35.1 Å². The zero-order valence-corrected chi connectivity index (χ0v) is 13.1. The normalized spacial score (nSPS) is 25.3. The van der Waals surface area contributed by atoms with Crippen molar-refractivity contribution in [3.63, 3.8) is 0 Å². The van der Waals surface area contributed by atoms with Crippen molar-refractivity contribution in [2.45, 2.75) is 39.0 Å². The molecule has 4 heteroatoms. The number of halogens is 1. The highest BCUT2D eigenvalue weighted by Gasteiger charge is 2.41. The zero-order valence-electron chi connectivity index (χ0n) is 13.1. The van der Waals surface area contributed by atoms with Crippen LogP contribution in [0.5, 0.6) is 0 Å². The maximum Gasteiger partial charge on any atom is 0.253 e. The summed E-state index contributed by atoms with van der Waals surface area (Å²) in [4.78, 5) is 14.5. The van der Waals surface area contributed by atoms with Crippen molar-refractivity contribution in [1.82, 2.24) is 4.90 Å². The molecule has 0 radical (unpaired) electrons. The molecule has 3 rings (SSSR count). The van der Waals surface area contributed by atoms with Gasteiger partial charge in [-0.2, -0.15) is 0 Å². The van der Waals surface area contributed by atoms with Crippen molar-refractivity contribution in [1.29, 1.82) is 0 Å². The largest absolute Gasteiger partial charge is 0.396 e. The molecule has 1 aliphatic carbocycles. The van der Waals surface area contributed by atoms with Gasteiger partial charge in [-0.25, -0.2) is 4.39 Å². The average molecular weight is 305 g/mol. The molecule has 1 atom stereocenters. The van der Waals surface area contributed by atoms with Gasteiger partial charge >= 0.3 is 0 Å². The molecule has 2 aliphatic rings. The lowest BCUT2D eigenvalue weighted by atomic mass is 9.76. The lowest BCUT2D eigenvalue weighted by molar-refractivity contribution is 0.0196. The smallest absolute Gasteiger partial charge is 0.253 e. The SMILES string of the molecule is Cc1cc(C(=O)N2CCC[C@@](CO)(CC3CC3)C2)ccc1F. The minimum atomic E-state index is -0.284. The zero-order chi connectivity index (χ0) is 15.7. The van der Waals surface area contributed by atoms with Gasteiger partial charge in [0.2, 0.25) is 0 Å². The summed E-state index contributed by atoms with van der Waals surface area (Å²) in [6.45, 7) is 3.17. The van der Waals surface area contributed by atoms with Crippen molar-refractivity contribution in [3.8, 4) is 0 Å². The number of aryl methyl sites for hydroxylation is 1. The van der Waals surface area contributed by atoms with E-state index in [0.717, 1.165) is 31.7 Å². The third-order valence-corrected chi connectivity index (χ3v) is 5.11. The quantitative estimate of drug-likeness (QED) is 0.928. The van der Waals surface area contributed by atoms with Gasteiger partial charge < -0.3 is 10.0 Å². The van der Waals surface area contributed by atoms with Gasteiger partial charge in [-0.15, -0.1) is 0 Å². The van der Waals surface area contributed by atoms with Crippen LogP contribution in [-0.4, -0.2) is 35.6 Å². The standard InChI is InChI=1S/C18H24FNO2/c1-13-9-15(5-6-16(13)19)17(22)20-8-2-7-18(11-20,12-21)10-14-3-4-14/h5-6,9,14,21H,2-4,7-8,10-12H2,1H3/t18-/m1/s1. The van der Waals surface area contributed by atoms with E-state index in [9.17, 15) is 14.3 Å². The van der Waals surface area contributed by atoms with Crippen LogP contribution in [0.25, 0.3) is 0 Å². The lowest BCUT2D eigenvalue weighted by Crippen LogP contribution is -2.48. The van der Waals surface area contributed by atoms with Gasteiger partial charge in [0, 0.05) is 24.1 Å². The van der Waals surface area contributed by atoms with Gasteiger partial charge in [0.15, 0.2) is 0 Å². The van der Waals surface area contributed by atoms with Crippen molar-refractivity contribution in [2.24, 2.45) is 11.3 Å². The summed E-state index contributed by atoms with van der Waals surface area (Å²) >= 11 is 0. The van der Waals surface area contributed by atoms with Crippen LogP contribution in [0.2, 0.25) is 0 Å². The molecule has 0 spiro atoms. The Hall–Kier alpha value is -1.42. The highest BCUT2D eigenvalue weighted by Crippen LogP contribution is 2.44. The predicted octanol–water partition coefficient (Wildman–Crippen LogP) is 3.15. The number of hydrogen-bond donors (Lipinski definition) is 1. The number of carbonyl (C=O) groups is 1. The van der Waals surface area contributed by atoms with E-state index < -0.39 is 0 Å². The molecule has 120 valence electrons. The molecule has 3 nitrogen and oxygen atoms in total. The van der Waals surface area contributed by atoms with E-state index in [1.54, 1.807) is 19.1 Å². The molecule has 0 aromatic heterocycles. The summed E-state index contributed by atoms with van der Waals surface area (Å²) in [5.74, 6) is 0.403. The van der Waals surface area contributed by atoms with Crippen LogP contribution in [-0.2, 0) is 0 Å². The first kappa shape index (κ1) is 15.5. The van der Waals surface area contributed by atoms with Gasteiger partial charge in [0.1, 0.15) is 5.82 Å². The fourth-order valence-corrected chi connectivity index (χ4v) is 3.64. The minimum Gasteiger partial charge on any atom is -0.396 e. The Morgan fingerprint density at radius 3 is 2.86 bits per heavy atom. The van der Waals surface area contributed by atoms with Crippen LogP contribution in [0.1, 0.15) is 48.0 Å². The molecule has 2 fully saturated rings. The molecule has 1 aliphatic heterocycles. The van der Waals surface area contributed by atoms with Crippen LogP contribution in [0.3, 0.4) is 0 Å². The number of aliphatic hydroxyl groups is 1. The van der Waals surface area contributed by atoms with Crippen molar-refractivity contribution < 1.29 is 14.3 Å². The summed E-state index contributed by atoms with van der Waals surface area (Å²) in [6.07, 6.45) is 5.46. The van der Waals surface area contributed by atoms with E-state index in [-0.39, 0.29) is 23.7 Å². The first-order valence-corrected chi connectivity index (χ1v) is 8.19. The first-order valence-electron chi connectivity index (χ1n) is 8.19.